The normalized spacial score (nSPS) is 26.9. The van der Waals surface area contributed by atoms with E-state index >= 15 is 0 Å². The Kier molecular flexibility index (Phi) is 5.09. The average Bonchev–Trinajstić information content (AvgIpc) is 2.74. The van der Waals surface area contributed by atoms with E-state index in [9.17, 15) is 4.79 Å². The molecule has 1 aromatic heterocycles. The van der Waals surface area contributed by atoms with E-state index in [-0.39, 0.29) is 11.9 Å². The minimum Gasteiger partial charge on any atom is -0.368 e. The van der Waals surface area contributed by atoms with Crippen LogP contribution in [0, 0.1) is 6.92 Å². The number of aromatic nitrogens is 1. The number of hydrogen-bond acceptors (Lipinski definition) is 5. The van der Waals surface area contributed by atoms with Crippen molar-refractivity contribution in [3.8, 4) is 0 Å². The summed E-state index contributed by atoms with van der Waals surface area (Å²) in [5.74, 6) is -0.216. The van der Waals surface area contributed by atoms with Gasteiger partial charge in [0.05, 0.1) is 5.54 Å². The second-order valence-electron chi connectivity index (χ2n) is 5.84. The van der Waals surface area contributed by atoms with Gasteiger partial charge in [0.2, 0.25) is 5.91 Å². The van der Waals surface area contributed by atoms with E-state index in [1.54, 1.807) is 23.1 Å². The predicted molar refractivity (Wildman–Crippen MR) is 85.2 cm³/mol. The third-order valence-electron chi connectivity index (χ3n) is 3.61. The number of nitrogens with zero attached hydrogens (tertiary/aromatic N) is 1. The monoisotopic (exact) mass is 313 g/mol. The summed E-state index contributed by atoms with van der Waals surface area (Å²) in [6.45, 7) is 6.13. The van der Waals surface area contributed by atoms with Crippen LogP contribution >= 0.6 is 23.1 Å². The number of rotatable bonds is 5. The third kappa shape index (κ3) is 3.74. The number of thioether (sulfide) groups is 1. The highest BCUT2D eigenvalue weighted by Gasteiger charge is 2.42. The van der Waals surface area contributed by atoms with Crippen LogP contribution in [0.25, 0.3) is 0 Å². The highest BCUT2D eigenvalue weighted by molar-refractivity contribution is 8.01. The second-order valence-corrected chi connectivity index (χ2v) is 8.24. The summed E-state index contributed by atoms with van der Waals surface area (Å²) >= 11 is 3.47. The van der Waals surface area contributed by atoms with E-state index in [1.165, 1.54) is 0 Å². The highest BCUT2D eigenvalue weighted by Crippen LogP contribution is 2.39. The fraction of sp³-hybridized carbons (Fsp3) is 0.714. The fourth-order valence-corrected chi connectivity index (χ4v) is 5.26. The van der Waals surface area contributed by atoms with E-state index in [0.29, 0.717) is 5.25 Å². The lowest BCUT2D eigenvalue weighted by molar-refractivity contribution is -0.126. The van der Waals surface area contributed by atoms with Gasteiger partial charge in [-0.2, -0.15) is 0 Å². The summed E-state index contributed by atoms with van der Waals surface area (Å²) in [6.07, 6.45) is 3.79. The SMILES string of the molecule is Cc1csc(SC2CCCC(NC(C)C)(C(N)=O)C2)n1. The Morgan fingerprint density at radius 1 is 1.65 bits per heavy atom. The minimum atomic E-state index is -0.545. The molecule has 20 heavy (non-hydrogen) atoms. The molecule has 0 saturated heterocycles. The number of carbonyl (C=O) groups excluding carboxylic acids is 1. The molecule has 1 saturated carbocycles. The second kappa shape index (κ2) is 6.45. The number of nitrogens with one attached hydrogen (secondary N) is 1. The Hall–Kier alpha value is -0.590. The van der Waals surface area contributed by atoms with Crippen LogP contribution in [0.4, 0.5) is 0 Å². The molecular formula is C14H23N3OS2. The highest BCUT2D eigenvalue weighted by atomic mass is 32.2. The van der Waals surface area contributed by atoms with E-state index in [2.05, 4.69) is 29.5 Å². The minimum absolute atomic E-state index is 0.216. The van der Waals surface area contributed by atoms with Crippen molar-refractivity contribution in [1.82, 2.24) is 10.3 Å². The van der Waals surface area contributed by atoms with E-state index in [0.717, 1.165) is 35.7 Å². The molecule has 0 spiro atoms. The molecule has 0 radical (unpaired) electrons. The van der Waals surface area contributed by atoms with Crippen LogP contribution in [0.3, 0.4) is 0 Å². The molecule has 4 nitrogen and oxygen atoms in total. The molecule has 1 amide bonds. The number of thiazole rings is 1. The third-order valence-corrected chi connectivity index (χ3v) is 5.97. The van der Waals surface area contributed by atoms with Gasteiger partial charge in [-0.05, 0) is 46.5 Å². The number of nitrogens with two attached hydrogens (primary N) is 1. The van der Waals surface area contributed by atoms with Gasteiger partial charge in [0.15, 0.2) is 0 Å². The Morgan fingerprint density at radius 2 is 2.40 bits per heavy atom. The molecule has 2 unspecified atom stereocenters. The van der Waals surface area contributed by atoms with Crippen LogP contribution < -0.4 is 11.1 Å². The fourth-order valence-electron chi connectivity index (χ4n) is 2.83. The number of primary amides is 1. The van der Waals surface area contributed by atoms with Crippen molar-refractivity contribution in [1.29, 1.82) is 0 Å². The number of aryl methyl sites for hydroxylation is 1. The standard InChI is InChI=1S/C14H23N3OS2/c1-9(2)17-14(12(15)18)6-4-5-11(7-14)20-13-16-10(3)8-19-13/h8-9,11,17H,4-7H2,1-3H3,(H2,15,18). The van der Waals surface area contributed by atoms with E-state index < -0.39 is 5.54 Å². The van der Waals surface area contributed by atoms with E-state index in [4.69, 9.17) is 5.73 Å². The number of carbonyl (C=O) groups is 1. The molecule has 1 aliphatic rings. The van der Waals surface area contributed by atoms with Gasteiger partial charge in [-0.15, -0.1) is 11.3 Å². The van der Waals surface area contributed by atoms with Crippen molar-refractivity contribution >= 4 is 29.0 Å². The first-order valence-electron chi connectivity index (χ1n) is 7.08. The van der Waals surface area contributed by atoms with Crippen molar-refractivity contribution in [2.75, 3.05) is 0 Å². The van der Waals surface area contributed by atoms with Crippen LogP contribution in [0.5, 0.6) is 0 Å². The predicted octanol–water partition coefficient (Wildman–Crippen LogP) is 2.71. The van der Waals surface area contributed by atoms with Gasteiger partial charge in [-0.25, -0.2) is 4.98 Å². The summed E-state index contributed by atoms with van der Waals surface area (Å²) in [6, 6.07) is 0.258. The molecule has 1 fully saturated rings. The smallest absolute Gasteiger partial charge is 0.237 e. The largest absolute Gasteiger partial charge is 0.368 e. The van der Waals surface area contributed by atoms with Crippen molar-refractivity contribution < 1.29 is 4.79 Å². The van der Waals surface area contributed by atoms with Gasteiger partial charge in [-0.1, -0.05) is 11.8 Å². The average molecular weight is 313 g/mol. The Morgan fingerprint density at radius 3 is 2.95 bits per heavy atom. The van der Waals surface area contributed by atoms with Gasteiger partial charge < -0.3 is 11.1 Å². The molecule has 0 aliphatic heterocycles. The first-order chi connectivity index (χ1) is 9.41. The Labute approximate surface area is 128 Å². The van der Waals surface area contributed by atoms with Gasteiger partial charge in [-0.3, -0.25) is 4.79 Å². The van der Waals surface area contributed by atoms with E-state index in [1.807, 2.05) is 6.92 Å². The summed E-state index contributed by atoms with van der Waals surface area (Å²) in [4.78, 5) is 16.5. The van der Waals surface area contributed by atoms with Crippen LogP contribution in [-0.4, -0.2) is 27.7 Å². The topological polar surface area (TPSA) is 68.0 Å². The van der Waals surface area contributed by atoms with Crippen molar-refractivity contribution in [2.24, 2.45) is 5.73 Å². The van der Waals surface area contributed by atoms with Crippen molar-refractivity contribution in [3.05, 3.63) is 11.1 Å². The van der Waals surface area contributed by atoms with Gasteiger partial charge in [0, 0.05) is 22.4 Å². The van der Waals surface area contributed by atoms with Crippen LogP contribution in [-0.2, 0) is 4.79 Å². The first kappa shape index (κ1) is 15.8. The lowest BCUT2D eigenvalue weighted by atomic mass is 9.80. The molecule has 6 heteroatoms. The zero-order valence-corrected chi connectivity index (χ0v) is 13.9. The maximum Gasteiger partial charge on any atom is 0.237 e. The summed E-state index contributed by atoms with van der Waals surface area (Å²) in [5, 5.41) is 5.89. The molecule has 1 aromatic rings. The molecule has 2 rings (SSSR count). The maximum absolute atomic E-state index is 12.0. The Balaban J connectivity index is 2.07. The Bertz CT molecular complexity index is 475. The maximum atomic E-state index is 12.0. The quantitative estimate of drug-likeness (QED) is 0.877. The van der Waals surface area contributed by atoms with Crippen molar-refractivity contribution in [2.45, 2.75) is 67.6 Å². The van der Waals surface area contributed by atoms with Crippen LogP contribution in [0.2, 0.25) is 0 Å². The molecule has 0 bridgehead atoms. The molecular weight excluding hydrogens is 290 g/mol. The molecule has 112 valence electrons. The summed E-state index contributed by atoms with van der Waals surface area (Å²) < 4.78 is 1.09. The zero-order chi connectivity index (χ0) is 14.8. The van der Waals surface area contributed by atoms with Crippen LogP contribution in [0.15, 0.2) is 9.72 Å². The van der Waals surface area contributed by atoms with Gasteiger partial charge in [0.25, 0.3) is 0 Å². The molecule has 0 aromatic carbocycles. The lowest BCUT2D eigenvalue weighted by Crippen LogP contribution is -2.60. The summed E-state index contributed by atoms with van der Waals surface area (Å²) in [7, 11) is 0. The molecule has 1 aliphatic carbocycles. The molecule has 3 N–H and O–H groups in total. The summed E-state index contributed by atoms with van der Waals surface area (Å²) in [5.41, 5.74) is 6.21. The molecule has 2 atom stereocenters. The van der Waals surface area contributed by atoms with Gasteiger partial charge in [0.1, 0.15) is 4.34 Å². The number of hydrogen-bond donors (Lipinski definition) is 2. The first-order valence-corrected chi connectivity index (χ1v) is 8.83. The van der Waals surface area contributed by atoms with Crippen molar-refractivity contribution in [3.63, 3.8) is 0 Å². The molecule has 1 heterocycles. The van der Waals surface area contributed by atoms with Gasteiger partial charge >= 0.3 is 0 Å². The zero-order valence-electron chi connectivity index (χ0n) is 12.3. The lowest BCUT2D eigenvalue weighted by Gasteiger charge is -2.40. The number of amides is 1. The van der Waals surface area contributed by atoms with Crippen LogP contribution in [0.1, 0.15) is 45.2 Å².